The number of carbonyl (C=O) groups is 1. The van der Waals surface area contributed by atoms with Gasteiger partial charge in [0.1, 0.15) is 5.69 Å². The molecule has 1 amide bonds. The molecule has 0 spiro atoms. The predicted molar refractivity (Wildman–Crippen MR) is 110 cm³/mol. The van der Waals surface area contributed by atoms with Gasteiger partial charge in [0.15, 0.2) is 0 Å². The van der Waals surface area contributed by atoms with Gasteiger partial charge in [0, 0.05) is 43.0 Å². The molecule has 142 valence electrons. The third-order valence-electron chi connectivity index (χ3n) is 4.46. The van der Waals surface area contributed by atoms with Crippen LogP contribution in [0.4, 0.5) is 11.4 Å². The van der Waals surface area contributed by atoms with Crippen LogP contribution in [0.15, 0.2) is 48.5 Å². The second-order valence-electron chi connectivity index (χ2n) is 6.23. The van der Waals surface area contributed by atoms with Crippen LogP contribution in [0.2, 0.25) is 5.02 Å². The Morgan fingerprint density at radius 1 is 1.07 bits per heavy atom. The minimum Gasteiger partial charge on any atom is -0.362 e. The van der Waals surface area contributed by atoms with Crippen LogP contribution >= 0.6 is 23.4 Å². The topological polar surface area (TPSA) is 66.7 Å². The van der Waals surface area contributed by atoms with Crippen LogP contribution in [0.1, 0.15) is 5.56 Å². The minimum atomic E-state index is -0.361. The number of hydrogen-bond donors (Lipinski definition) is 0. The lowest BCUT2D eigenvalue weighted by atomic mass is 10.2. The van der Waals surface area contributed by atoms with Crippen molar-refractivity contribution in [3.8, 4) is 0 Å². The molecule has 2 aromatic rings. The Bertz CT molecular complexity index is 808. The number of rotatable bonds is 6. The van der Waals surface area contributed by atoms with E-state index in [4.69, 9.17) is 11.6 Å². The van der Waals surface area contributed by atoms with Gasteiger partial charge in [-0.05, 0) is 23.8 Å². The lowest BCUT2D eigenvalue weighted by Gasteiger charge is -2.35. The Kier molecular flexibility index (Phi) is 6.58. The average molecular weight is 406 g/mol. The maximum atomic E-state index is 12.4. The fraction of sp³-hybridized carbons (Fsp3) is 0.316. The highest BCUT2D eigenvalue weighted by Crippen LogP contribution is 2.28. The number of anilines is 1. The van der Waals surface area contributed by atoms with Gasteiger partial charge in [0.05, 0.1) is 10.7 Å². The zero-order valence-electron chi connectivity index (χ0n) is 14.7. The highest BCUT2D eigenvalue weighted by atomic mass is 35.5. The number of para-hydroxylation sites is 2. The molecule has 1 aliphatic rings. The maximum Gasteiger partial charge on any atom is 0.292 e. The van der Waals surface area contributed by atoms with E-state index in [9.17, 15) is 14.9 Å². The second-order valence-corrected chi connectivity index (χ2v) is 7.65. The Morgan fingerprint density at radius 3 is 2.41 bits per heavy atom. The van der Waals surface area contributed by atoms with E-state index in [1.807, 2.05) is 34.1 Å². The van der Waals surface area contributed by atoms with Crippen molar-refractivity contribution in [2.24, 2.45) is 0 Å². The number of thioether (sulfide) groups is 1. The molecule has 0 N–H and O–H groups in total. The van der Waals surface area contributed by atoms with Gasteiger partial charge in [0.2, 0.25) is 5.91 Å². The molecule has 0 unspecified atom stereocenters. The van der Waals surface area contributed by atoms with E-state index in [0.717, 1.165) is 11.3 Å². The summed E-state index contributed by atoms with van der Waals surface area (Å²) >= 11 is 7.45. The molecule has 8 heteroatoms. The number of carbonyl (C=O) groups excluding carboxylic acids is 1. The Labute approximate surface area is 167 Å². The van der Waals surface area contributed by atoms with Gasteiger partial charge in [-0.15, -0.1) is 11.8 Å². The first-order chi connectivity index (χ1) is 13.0. The summed E-state index contributed by atoms with van der Waals surface area (Å²) in [5.74, 6) is 1.30. The summed E-state index contributed by atoms with van der Waals surface area (Å²) in [6.07, 6.45) is 0. The smallest absolute Gasteiger partial charge is 0.292 e. The van der Waals surface area contributed by atoms with E-state index in [1.54, 1.807) is 30.0 Å². The molecule has 6 nitrogen and oxygen atoms in total. The number of halogens is 1. The van der Waals surface area contributed by atoms with Crippen LogP contribution in [-0.2, 0) is 10.5 Å². The molecule has 0 bridgehead atoms. The lowest BCUT2D eigenvalue weighted by molar-refractivity contribution is -0.384. The maximum absolute atomic E-state index is 12.4. The second kappa shape index (κ2) is 9.10. The first kappa shape index (κ1) is 19.5. The van der Waals surface area contributed by atoms with E-state index in [1.165, 1.54) is 6.07 Å². The van der Waals surface area contributed by atoms with Crippen molar-refractivity contribution in [3.05, 3.63) is 69.2 Å². The number of benzene rings is 2. The van der Waals surface area contributed by atoms with Crippen molar-refractivity contribution < 1.29 is 9.72 Å². The summed E-state index contributed by atoms with van der Waals surface area (Å²) in [6, 6.07) is 14.4. The Hall–Kier alpha value is -2.25. The SMILES string of the molecule is O=C(CSCc1ccc(Cl)cc1)N1CCN(c2ccccc2[N+](=O)[O-])CC1. The number of piperazine rings is 1. The van der Waals surface area contributed by atoms with Crippen molar-refractivity contribution in [1.29, 1.82) is 0 Å². The van der Waals surface area contributed by atoms with Crippen LogP contribution in [0, 0.1) is 10.1 Å². The van der Waals surface area contributed by atoms with Gasteiger partial charge in [-0.2, -0.15) is 0 Å². The molecule has 2 aromatic carbocycles. The molecule has 0 aliphatic carbocycles. The molecule has 1 saturated heterocycles. The molecule has 0 atom stereocenters. The molecule has 1 heterocycles. The standard InChI is InChI=1S/C19H20ClN3O3S/c20-16-7-5-15(6-8-16)13-27-14-19(24)22-11-9-21(10-12-22)17-3-1-2-4-18(17)23(25)26/h1-8H,9-14H2. The third-order valence-corrected chi connectivity index (χ3v) is 5.70. The van der Waals surface area contributed by atoms with Crippen LogP contribution in [0.3, 0.4) is 0 Å². The molecule has 3 rings (SSSR count). The fourth-order valence-corrected chi connectivity index (χ4v) is 4.02. The number of amides is 1. The number of nitrogens with zero attached hydrogens (tertiary/aromatic N) is 3. The van der Waals surface area contributed by atoms with Crippen LogP contribution in [0.5, 0.6) is 0 Å². The quantitative estimate of drug-likeness (QED) is 0.539. The predicted octanol–water partition coefficient (Wildman–Crippen LogP) is 3.83. The van der Waals surface area contributed by atoms with Crippen molar-refractivity contribution >= 4 is 40.6 Å². The van der Waals surface area contributed by atoms with Crippen LogP contribution < -0.4 is 4.90 Å². The highest BCUT2D eigenvalue weighted by Gasteiger charge is 2.25. The molecule has 0 saturated carbocycles. The molecular weight excluding hydrogens is 386 g/mol. The van der Waals surface area contributed by atoms with Gasteiger partial charge in [-0.1, -0.05) is 35.9 Å². The first-order valence-corrected chi connectivity index (χ1v) is 10.2. The summed E-state index contributed by atoms with van der Waals surface area (Å²) < 4.78 is 0. The number of hydrogen-bond acceptors (Lipinski definition) is 5. The Morgan fingerprint density at radius 2 is 1.74 bits per heavy atom. The first-order valence-electron chi connectivity index (χ1n) is 8.63. The monoisotopic (exact) mass is 405 g/mol. The van der Waals surface area contributed by atoms with Gasteiger partial charge in [-0.3, -0.25) is 14.9 Å². The van der Waals surface area contributed by atoms with Crippen molar-refractivity contribution in [3.63, 3.8) is 0 Å². The van der Waals surface area contributed by atoms with E-state index in [0.29, 0.717) is 42.6 Å². The number of nitro groups is 1. The Balaban J connectivity index is 1.48. The van der Waals surface area contributed by atoms with E-state index < -0.39 is 0 Å². The zero-order chi connectivity index (χ0) is 19.2. The minimum absolute atomic E-state index is 0.107. The number of nitro benzene ring substituents is 1. The zero-order valence-corrected chi connectivity index (χ0v) is 16.3. The molecule has 27 heavy (non-hydrogen) atoms. The molecule has 1 aliphatic heterocycles. The summed E-state index contributed by atoms with van der Waals surface area (Å²) in [6.45, 7) is 2.34. The summed E-state index contributed by atoms with van der Waals surface area (Å²) in [7, 11) is 0. The van der Waals surface area contributed by atoms with Gasteiger partial charge in [0.25, 0.3) is 5.69 Å². The highest BCUT2D eigenvalue weighted by molar-refractivity contribution is 7.99. The largest absolute Gasteiger partial charge is 0.362 e. The molecular formula is C19H20ClN3O3S. The normalized spacial score (nSPS) is 14.3. The van der Waals surface area contributed by atoms with E-state index >= 15 is 0 Å². The summed E-state index contributed by atoms with van der Waals surface area (Å²) in [5.41, 5.74) is 1.86. The van der Waals surface area contributed by atoms with E-state index in [2.05, 4.69) is 0 Å². The fourth-order valence-electron chi connectivity index (χ4n) is 3.01. The average Bonchev–Trinajstić information content (AvgIpc) is 2.69. The summed E-state index contributed by atoms with van der Waals surface area (Å²) in [5, 5.41) is 11.9. The third kappa shape index (κ3) is 5.14. The van der Waals surface area contributed by atoms with Crippen molar-refractivity contribution in [2.45, 2.75) is 5.75 Å². The molecule has 0 aromatic heterocycles. The summed E-state index contributed by atoms with van der Waals surface area (Å²) in [4.78, 5) is 27.1. The van der Waals surface area contributed by atoms with Gasteiger partial charge >= 0.3 is 0 Å². The lowest BCUT2D eigenvalue weighted by Crippen LogP contribution is -2.49. The van der Waals surface area contributed by atoms with Crippen LogP contribution in [0.25, 0.3) is 0 Å². The van der Waals surface area contributed by atoms with Gasteiger partial charge in [-0.25, -0.2) is 0 Å². The van der Waals surface area contributed by atoms with Crippen molar-refractivity contribution in [2.75, 3.05) is 36.8 Å². The molecule has 0 radical (unpaired) electrons. The van der Waals surface area contributed by atoms with Gasteiger partial charge < -0.3 is 9.80 Å². The van der Waals surface area contributed by atoms with E-state index in [-0.39, 0.29) is 16.5 Å². The van der Waals surface area contributed by atoms with Crippen molar-refractivity contribution in [1.82, 2.24) is 4.90 Å². The van der Waals surface area contributed by atoms with Crippen LogP contribution in [-0.4, -0.2) is 47.7 Å². The molecule has 1 fully saturated rings.